The molecule has 0 radical (unpaired) electrons. The molecule has 1 aliphatic rings. The Kier molecular flexibility index (Phi) is 5.85. The van der Waals surface area contributed by atoms with Crippen LogP contribution in [0.1, 0.15) is 29.2 Å². The van der Waals surface area contributed by atoms with Crippen LogP contribution in [0.3, 0.4) is 0 Å². The number of hydrogen-bond donors (Lipinski definition) is 3. The van der Waals surface area contributed by atoms with Crippen LogP contribution in [-0.4, -0.2) is 21.5 Å². The summed E-state index contributed by atoms with van der Waals surface area (Å²) in [6, 6.07) is 16.3. The van der Waals surface area contributed by atoms with Gasteiger partial charge in [0.25, 0.3) is 0 Å². The molecule has 2 unspecified atom stereocenters. The minimum absolute atomic E-state index is 0.00889. The highest BCUT2D eigenvalue weighted by molar-refractivity contribution is 9.10. The highest BCUT2D eigenvalue weighted by Crippen LogP contribution is 2.23. The maximum Gasteiger partial charge on any atom is 0.238 e. The summed E-state index contributed by atoms with van der Waals surface area (Å²) in [5.41, 5.74) is 9.77. The lowest BCUT2D eigenvalue weighted by molar-refractivity contribution is -0.123. The molecule has 0 bridgehead atoms. The standard InChI is InChI=1S/C21H22BrN5O/c22-18-7-5-17(6-8-18)19-11-20(26-25-19)21(28)24-12-15-1-3-16(4-2-15)13-27-10-9-23-14-27/h1-10,14,19-20,25-26H,11-13H2,(H,24,28). The summed E-state index contributed by atoms with van der Waals surface area (Å²) in [5, 5.41) is 3.02. The number of carbonyl (C=O) groups excluding carboxylic acids is 1. The molecule has 0 spiro atoms. The molecule has 1 fully saturated rings. The molecule has 28 heavy (non-hydrogen) atoms. The van der Waals surface area contributed by atoms with Gasteiger partial charge in [0, 0.05) is 36.0 Å². The van der Waals surface area contributed by atoms with Gasteiger partial charge in [-0.25, -0.2) is 15.8 Å². The largest absolute Gasteiger partial charge is 0.351 e. The summed E-state index contributed by atoms with van der Waals surface area (Å²) in [4.78, 5) is 16.5. The van der Waals surface area contributed by atoms with E-state index >= 15 is 0 Å². The number of amides is 1. The average Bonchev–Trinajstić information content (AvgIpc) is 3.40. The molecular formula is C21H22BrN5O. The predicted octanol–water partition coefficient (Wildman–Crippen LogP) is 2.92. The van der Waals surface area contributed by atoms with Gasteiger partial charge in [-0.05, 0) is 35.2 Å². The Morgan fingerprint density at radius 2 is 1.86 bits per heavy atom. The Balaban J connectivity index is 1.27. The number of benzene rings is 2. The second kappa shape index (κ2) is 8.68. The van der Waals surface area contributed by atoms with Crippen LogP contribution in [0.5, 0.6) is 0 Å². The average molecular weight is 440 g/mol. The van der Waals surface area contributed by atoms with Crippen molar-refractivity contribution in [2.75, 3.05) is 0 Å². The van der Waals surface area contributed by atoms with E-state index in [0.717, 1.165) is 23.0 Å². The van der Waals surface area contributed by atoms with Crippen LogP contribution in [0.4, 0.5) is 0 Å². The van der Waals surface area contributed by atoms with Gasteiger partial charge in [0.05, 0.1) is 6.33 Å². The molecule has 1 aromatic heterocycles. The quantitative estimate of drug-likeness (QED) is 0.552. The molecule has 2 atom stereocenters. The van der Waals surface area contributed by atoms with E-state index in [4.69, 9.17) is 0 Å². The first-order chi connectivity index (χ1) is 13.7. The summed E-state index contributed by atoms with van der Waals surface area (Å²) < 4.78 is 3.07. The number of carbonyl (C=O) groups is 1. The zero-order chi connectivity index (χ0) is 19.3. The SMILES string of the molecule is O=C(NCc1ccc(Cn2ccnc2)cc1)C1CC(c2ccc(Br)cc2)NN1. The monoisotopic (exact) mass is 439 g/mol. The fourth-order valence-corrected chi connectivity index (χ4v) is 3.57. The topological polar surface area (TPSA) is 71.0 Å². The molecule has 4 rings (SSSR count). The smallest absolute Gasteiger partial charge is 0.238 e. The number of halogens is 1. The van der Waals surface area contributed by atoms with Crippen LogP contribution >= 0.6 is 15.9 Å². The van der Waals surface area contributed by atoms with Crippen LogP contribution in [0, 0.1) is 0 Å². The molecule has 0 aliphatic carbocycles. The number of hydrazine groups is 1. The van der Waals surface area contributed by atoms with Gasteiger partial charge in [-0.3, -0.25) is 4.79 Å². The number of nitrogens with one attached hydrogen (secondary N) is 3. The van der Waals surface area contributed by atoms with E-state index in [1.54, 1.807) is 12.5 Å². The number of hydrogen-bond acceptors (Lipinski definition) is 4. The molecule has 7 heteroatoms. The maximum atomic E-state index is 12.5. The van der Waals surface area contributed by atoms with Gasteiger partial charge in [-0.15, -0.1) is 0 Å². The first kappa shape index (κ1) is 18.9. The third-order valence-electron chi connectivity index (χ3n) is 4.91. The van der Waals surface area contributed by atoms with Crippen molar-refractivity contribution < 1.29 is 4.79 Å². The van der Waals surface area contributed by atoms with E-state index in [1.807, 2.05) is 22.9 Å². The van der Waals surface area contributed by atoms with Crippen molar-refractivity contribution in [3.63, 3.8) is 0 Å². The first-order valence-electron chi connectivity index (χ1n) is 9.25. The normalized spacial score (nSPS) is 18.9. The van der Waals surface area contributed by atoms with Crippen LogP contribution < -0.4 is 16.2 Å². The van der Waals surface area contributed by atoms with Gasteiger partial charge < -0.3 is 9.88 Å². The van der Waals surface area contributed by atoms with Gasteiger partial charge in [-0.2, -0.15) is 0 Å². The lowest BCUT2D eigenvalue weighted by Gasteiger charge is -2.11. The minimum Gasteiger partial charge on any atom is -0.351 e. The van der Waals surface area contributed by atoms with Gasteiger partial charge >= 0.3 is 0 Å². The Labute approximate surface area is 172 Å². The van der Waals surface area contributed by atoms with Gasteiger partial charge in [0.15, 0.2) is 0 Å². The van der Waals surface area contributed by atoms with E-state index in [0.29, 0.717) is 6.54 Å². The molecule has 0 saturated carbocycles. The molecular weight excluding hydrogens is 418 g/mol. The minimum atomic E-state index is -0.242. The second-order valence-corrected chi connectivity index (χ2v) is 7.87. The van der Waals surface area contributed by atoms with Crippen molar-refractivity contribution >= 4 is 21.8 Å². The van der Waals surface area contributed by atoms with Crippen LogP contribution in [0.2, 0.25) is 0 Å². The van der Waals surface area contributed by atoms with E-state index in [-0.39, 0.29) is 18.0 Å². The molecule has 3 aromatic rings. The predicted molar refractivity (Wildman–Crippen MR) is 111 cm³/mol. The fraction of sp³-hybridized carbons (Fsp3) is 0.238. The van der Waals surface area contributed by atoms with E-state index in [2.05, 4.69) is 73.5 Å². The fourth-order valence-electron chi connectivity index (χ4n) is 3.31. The van der Waals surface area contributed by atoms with Crippen molar-refractivity contribution in [3.8, 4) is 0 Å². The van der Waals surface area contributed by atoms with Crippen molar-refractivity contribution in [1.82, 2.24) is 25.7 Å². The third-order valence-corrected chi connectivity index (χ3v) is 5.43. The molecule has 144 valence electrons. The highest BCUT2D eigenvalue weighted by atomic mass is 79.9. The number of imidazole rings is 1. The van der Waals surface area contributed by atoms with Crippen molar-refractivity contribution in [2.24, 2.45) is 0 Å². The lowest BCUT2D eigenvalue weighted by atomic mass is 10.0. The zero-order valence-electron chi connectivity index (χ0n) is 15.3. The number of rotatable bonds is 6. The summed E-state index contributed by atoms with van der Waals surface area (Å²) in [6.07, 6.45) is 6.24. The summed E-state index contributed by atoms with van der Waals surface area (Å²) in [7, 11) is 0. The van der Waals surface area contributed by atoms with Gasteiger partial charge in [0.1, 0.15) is 6.04 Å². The van der Waals surface area contributed by atoms with Crippen LogP contribution in [-0.2, 0) is 17.9 Å². The van der Waals surface area contributed by atoms with E-state index in [1.165, 1.54) is 11.1 Å². The Hall–Kier alpha value is -2.48. The summed E-state index contributed by atoms with van der Waals surface area (Å²) in [6.45, 7) is 1.31. The van der Waals surface area contributed by atoms with Gasteiger partial charge in [-0.1, -0.05) is 52.3 Å². The van der Waals surface area contributed by atoms with Crippen LogP contribution in [0.25, 0.3) is 0 Å². The molecule has 3 N–H and O–H groups in total. The Morgan fingerprint density at radius 1 is 1.11 bits per heavy atom. The molecule has 1 saturated heterocycles. The lowest BCUT2D eigenvalue weighted by Crippen LogP contribution is -2.42. The molecule has 2 aromatic carbocycles. The van der Waals surface area contributed by atoms with Crippen molar-refractivity contribution in [3.05, 3.63) is 88.4 Å². The Morgan fingerprint density at radius 3 is 2.57 bits per heavy atom. The van der Waals surface area contributed by atoms with Crippen LogP contribution in [0.15, 0.2) is 71.7 Å². The second-order valence-electron chi connectivity index (χ2n) is 6.95. The van der Waals surface area contributed by atoms with Crippen molar-refractivity contribution in [1.29, 1.82) is 0 Å². The maximum absolute atomic E-state index is 12.5. The molecule has 6 nitrogen and oxygen atoms in total. The first-order valence-corrected chi connectivity index (χ1v) is 10.0. The van der Waals surface area contributed by atoms with Crippen molar-refractivity contribution in [2.45, 2.75) is 31.6 Å². The highest BCUT2D eigenvalue weighted by Gasteiger charge is 2.29. The zero-order valence-corrected chi connectivity index (χ0v) is 16.9. The Bertz CT molecular complexity index is 909. The third kappa shape index (κ3) is 4.67. The molecule has 1 aliphatic heterocycles. The van der Waals surface area contributed by atoms with E-state index in [9.17, 15) is 4.79 Å². The number of nitrogens with zero attached hydrogens (tertiary/aromatic N) is 2. The summed E-state index contributed by atoms with van der Waals surface area (Å²) in [5.74, 6) is 0.00889. The number of aromatic nitrogens is 2. The molecule has 2 heterocycles. The molecule has 1 amide bonds. The van der Waals surface area contributed by atoms with Gasteiger partial charge in [0.2, 0.25) is 5.91 Å². The van der Waals surface area contributed by atoms with E-state index < -0.39 is 0 Å². The summed E-state index contributed by atoms with van der Waals surface area (Å²) >= 11 is 3.45.